The van der Waals surface area contributed by atoms with E-state index >= 15 is 0 Å². The molecular weight excluding hydrogens is 265 g/mol. The molecule has 110 valence electrons. The van der Waals surface area contributed by atoms with Crippen LogP contribution in [0.1, 0.15) is 46.4 Å². The zero-order valence-corrected chi connectivity index (χ0v) is 12.6. The van der Waals surface area contributed by atoms with Crippen LogP contribution >= 0.6 is 0 Å². The van der Waals surface area contributed by atoms with E-state index in [1.165, 1.54) is 11.6 Å². The first kappa shape index (κ1) is 15.2. The third kappa shape index (κ3) is 3.69. The lowest BCUT2D eigenvalue weighted by Crippen LogP contribution is -2.29. The van der Waals surface area contributed by atoms with Gasteiger partial charge in [0.05, 0.1) is 11.6 Å². The molecule has 1 amide bonds. The summed E-state index contributed by atoms with van der Waals surface area (Å²) in [6.07, 6.45) is 0.752. The van der Waals surface area contributed by atoms with Gasteiger partial charge in [0.15, 0.2) is 0 Å². The highest BCUT2D eigenvalue weighted by molar-refractivity contribution is 5.94. The normalized spacial score (nSPS) is 12.0. The molecule has 2 aromatic carbocycles. The van der Waals surface area contributed by atoms with Crippen LogP contribution in [0.2, 0.25) is 0 Å². The summed E-state index contributed by atoms with van der Waals surface area (Å²) in [5.41, 5.74) is 3.17. The van der Waals surface area contributed by atoms with E-state index in [0.717, 1.165) is 17.5 Å². The fourth-order valence-electron chi connectivity index (χ4n) is 2.27. The summed E-state index contributed by atoms with van der Waals surface area (Å²) in [6, 6.07) is 12.5. The molecule has 21 heavy (non-hydrogen) atoms. The summed E-state index contributed by atoms with van der Waals surface area (Å²) >= 11 is 0. The van der Waals surface area contributed by atoms with Crippen LogP contribution in [0.5, 0.6) is 0 Å². The van der Waals surface area contributed by atoms with Crippen LogP contribution in [0.3, 0.4) is 0 Å². The lowest BCUT2D eigenvalue weighted by atomic mass is 10.0. The Morgan fingerprint density at radius 3 is 2.33 bits per heavy atom. The van der Waals surface area contributed by atoms with Gasteiger partial charge in [0.2, 0.25) is 0 Å². The highest BCUT2D eigenvalue weighted by Gasteiger charge is 2.17. The van der Waals surface area contributed by atoms with Gasteiger partial charge in [0, 0.05) is 0 Å². The monoisotopic (exact) mass is 285 g/mol. The van der Waals surface area contributed by atoms with E-state index in [2.05, 4.69) is 5.32 Å². The number of benzene rings is 2. The van der Waals surface area contributed by atoms with Crippen molar-refractivity contribution in [2.24, 2.45) is 0 Å². The number of carbonyl (C=O) groups excluding carboxylic acids is 1. The smallest absolute Gasteiger partial charge is 0.254 e. The molecule has 1 N–H and O–H groups in total. The summed E-state index contributed by atoms with van der Waals surface area (Å²) in [5, 5.41) is 2.91. The molecule has 0 aromatic heterocycles. The molecule has 1 unspecified atom stereocenters. The number of amides is 1. The van der Waals surface area contributed by atoms with E-state index in [0.29, 0.717) is 0 Å². The molecule has 2 aromatic rings. The molecule has 0 aliphatic heterocycles. The standard InChI is InChI=1S/C18H20FNO/c1-4-17(14-8-5-12(2)6-9-14)20-18(21)15-11-13(3)7-10-16(15)19/h5-11,17H,4H2,1-3H3,(H,20,21). The number of carbonyl (C=O) groups is 1. The minimum absolute atomic E-state index is 0.0977. The molecule has 2 rings (SSSR count). The highest BCUT2D eigenvalue weighted by atomic mass is 19.1. The minimum atomic E-state index is -0.489. The van der Waals surface area contributed by atoms with Crippen LogP contribution in [-0.4, -0.2) is 5.91 Å². The van der Waals surface area contributed by atoms with Crippen LogP contribution in [0.4, 0.5) is 4.39 Å². The number of hydrogen-bond acceptors (Lipinski definition) is 1. The van der Waals surface area contributed by atoms with Gasteiger partial charge in [-0.1, -0.05) is 48.4 Å². The van der Waals surface area contributed by atoms with Crippen molar-refractivity contribution in [1.82, 2.24) is 5.32 Å². The minimum Gasteiger partial charge on any atom is -0.345 e. The molecule has 0 saturated carbocycles. The first-order valence-electron chi connectivity index (χ1n) is 7.15. The summed E-state index contributed by atoms with van der Waals surface area (Å²) in [4.78, 5) is 12.3. The van der Waals surface area contributed by atoms with Crippen LogP contribution in [0.25, 0.3) is 0 Å². The van der Waals surface area contributed by atoms with Gasteiger partial charge in [-0.25, -0.2) is 4.39 Å². The topological polar surface area (TPSA) is 29.1 Å². The molecule has 0 saturated heterocycles. The zero-order valence-electron chi connectivity index (χ0n) is 12.6. The van der Waals surface area contributed by atoms with Crippen LogP contribution in [0, 0.1) is 19.7 Å². The Kier molecular flexibility index (Phi) is 4.73. The van der Waals surface area contributed by atoms with Crippen LogP contribution in [0.15, 0.2) is 42.5 Å². The predicted octanol–water partition coefficient (Wildman–Crippen LogP) is 4.32. The van der Waals surface area contributed by atoms with Gasteiger partial charge >= 0.3 is 0 Å². The number of nitrogens with one attached hydrogen (secondary N) is 1. The molecule has 0 aliphatic carbocycles. The van der Waals surface area contributed by atoms with Crippen LogP contribution in [-0.2, 0) is 0 Å². The maximum atomic E-state index is 13.8. The Balaban J connectivity index is 2.20. The van der Waals surface area contributed by atoms with Crippen molar-refractivity contribution in [1.29, 1.82) is 0 Å². The molecular formula is C18H20FNO. The van der Waals surface area contributed by atoms with Gasteiger partial charge in [0.1, 0.15) is 5.82 Å². The second-order valence-corrected chi connectivity index (χ2v) is 5.33. The van der Waals surface area contributed by atoms with Gasteiger partial charge in [-0.05, 0) is 38.0 Å². The van der Waals surface area contributed by atoms with Crippen LogP contribution < -0.4 is 5.32 Å². The second-order valence-electron chi connectivity index (χ2n) is 5.33. The largest absolute Gasteiger partial charge is 0.345 e. The second kappa shape index (κ2) is 6.53. The number of aryl methyl sites for hydroxylation is 2. The highest BCUT2D eigenvalue weighted by Crippen LogP contribution is 2.19. The summed E-state index contributed by atoms with van der Waals surface area (Å²) < 4.78 is 13.8. The van der Waals surface area contributed by atoms with Gasteiger partial charge < -0.3 is 5.32 Å². The summed E-state index contributed by atoms with van der Waals surface area (Å²) in [6.45, 7) is 5.86. The van der Waals surface area contributed by atoms with E-state index in [4.69, 9.17) is 0 Å². The Morgan fingerprint density at radius 1 is 1.10 bits per heavy atom. The quantitative estimate of drug-likeness (QED) is 0.890. The Bertz CT molecular complexity index is 634. The van der Waals surface area contributed by atoms with Crippen molar-refractivity contribution in [3.05, 3.63) is 70.5 Å². The van der Waals surface area contributed by atoms with Crippen molar-refractivity contribution < 1.29 is 9.18 Å². The first-order valence-corrected chi connectivity index (χ1v) is 7.15. The molecule has 0 heterocycles. The SMILES string of the molecule is CCC(NC(=O)c1cc(C)ccc1F)c1ccc(C)cc1. The number of halogens is 1. The Morgan fingerprint density at radius 2 is 1.71 bits per heavy atom. The third-order valence-corrected chi connectivity index (χ3v) is 3.56. The van der Waals surface area contributed by atoms with Gasteiger partial charge in [-0.2, -0.15) is 0 Å². The van der Waals surface area contributed by atoms with E-state index in [9.17, 15) is 9.18 Å². The molecule has 0 spiro atoms. The summed E-state index contributed by atoms with van der Waals surface area (Å²) in [5.74, 6) is -0.861. The predicted molar refractivity (Wildman–Crippen MR) is 82.8 cm³/mol. The Labute approximate surface area is 125 Å². The maximum absolute atomic E-state index is 13.8. The number of hydrogen-bond donors (Lipinski definition) is 1. The van der Waals surface area contributed by atoms with Gasteiger partial charge in [-0.15, -0.1) is 0 Å². The Hall–Kier alpha value is -2.16. The molecule has 0 aliphatic rings. The third-order valence-electron chi connectivity index (χ3n) is 3.56. The van der Waals surface area contributed by atoms with Crippen molar-refractivity contribution in [2.75, 3.05) is 0 Å². The van der Waals surface area contributed by atoms with E-state index < -0.39 is 5.82 Å². The summed E-state index contributed by atoms with van der Waals surface area (Å²) in [7, 11) is 0. The molecule has 0 bridgehead atoms. The number of rotatable bonds is 4. The fraction of sp³-hybridized carbons (Fsp3) is 0.278. The fourth-order valence-corrected chi connectivity index (χ4v) is 2.27. The maximum Gasteiger partial charge on any atom is 0.254 e. The van der Waals surface area contributed by atoms with Crippen molar-refractivity contribution in [2.45, 2.75) is 33.2 Å². The van der Waals surface area contributed by atoms with Gasteiger partial charge in [0.25, 0.3) is 5.91 Å². The van der Waals surface area contributed by atoms with E-state index in [-0.39, 0.29) is 17.5 Å². The van der Waals surface area contributed by atoms with Crippen molar-refractivity contribution in [3.63, 3.8) is 0 Å². The van der Waals surface area contributed by atoms with Crippen molar-refractivity contribution in [3.8, 4) is 0 Å². The molecule has 0 fully saturated rings. The van der Waals surface area contributed by atoms with E-state index in [1.54, 1.807) is 12.1 Å². The molecule has 1 atom stereocenters. The lowest BCUT2D eigenvalue weighted by molar-refractivity contribution is 0.0931. The zero-order chi connectivity index (χ0) is 15.4. The van der Waals surface area contributed by atoms with Crippen molar-refractivity contribution >= 4 is 5.91 Å². The lowest BCUT2D eigenvalue weighted by Gasteiger charge is -2.18. The van der Waals surface area contributed by atoms with Gasteiger partial charge in [-0.3, -0.25) is 4.79 Å². The molecule has 2 nitrogen and oxygen atoms in total. The van der Waals surface area contributed by atoms with E-state index in [1.807, 2.05) is 45.0 Å². The first-order chi connectivity index (χ1) is 10.0. The average molecular weight is 285 g/mol. The molecule has 3 heteroatoms. The molecule has 0 radical (unpaired) electrons. The average Bonchev–Trinajstić information content (AvgIpc) is 2.48.